The van der Waals surface area contributed by atoms with Crippen molar-refractivity contribution in [3.05, 3.63) is 57.0 Å². The maximum absolute atomic E-state index is 11.4. The number of anilines is 1. The predicted molar refractivity (Wildman–Crippen MR) is 88.6 cm³/mol. The number of benzene rings is 1. The van der Waals surface area contributed by atoms with Gasteiger partial charge < -0.3 is 5.32 Å². The van der Waals surface area contributed by atoms with Crippen LogP contribution in [0.2, 0.25) is 0 Å². The highest BCUT2D eigenvalue weighted by Gasteiger charge is 2.20. The zero-order valence-electron chi connectivity index (χ0n) is 12.3. The van der Waals surface area contributed by atoms with Crippen molar-refractivity contribution in [3.8, 4) is 0 Å². The first-order valence-corrected chi connectivity index (χ1v) is 7.44. The summed E-state index contributed by atoms with van der Waals surface area (Å²) in [6.45, 7) is 3.74. The number of nitrogens with zero attached hydrogens (tertiary/aromatic N) is 2. The molecule has 2 N–H and O–H groups in total. The number of hydrogen-bond donors (Lipinski definition) is 2. The molecule has 22 heavy (non-hydrogen) atoms. The molecule has 2 aliphatic rings. The van der Waals surface area contributed by atoms with Gasteiger partial charge in [-0.3, -0.25) is 9.69 Å². The minimum Gasteiger partial charge on any atom is -0.384 e. The van der Waals surface area contributed by atoms with Gasteiger partial charge in [-0.25, -0.2) is 5.10 Å². The Balaban J connectivity index is 0.00000144. The third-order valence-corrected chi connectivity index (χ3v) is 4.36. The van der Waals surface area contributed by atoms with Gasteiger partial charge in [0.15, 0.2) is 0 Å². The topological polar surface area (TPSA) is 61.0 Å². The first-order valence-electron chi connectivity index (χ1n) is 7.44. The summed E-state index contributed by atoms with van der Waals surface area (Å²) < 4.78 is 0. The van der Waals surface area contributed by atoms with Gasteiger partial charge >= 0.3 is 0 Å². The predicted octanol–water partition coefficient (Wildman–Crippen LogP) is 1.72. The summed E-state index contributed by atoms with van der Waals surface area (Å²) in [7, 11) is 0. The second-order valence-corrected chi connectivity index (χ2v) is 5.79. The lowest BCUT2D eigenvalue weighted by Gasteiger charge is -2.28. The van der Waals surface area contributed by atoms with Gasteiger partial charge in [0.25, 0.3) is 5.56 Å². The van der Waals surface area contributed by atoms with Crippen molar-refractivity contribution in [2.75, 3.05) is 18.4 Å². The molecule has 6 heteroatoms. The molecule has 0 unspecified atom stereocenters. The second kappa shape index (κ2) is 6.10. The minimum atomic E-state index is -0.113. The van der Waals surface area contributed by atoms with Crippen LogP contribution >= 0.6 is 12.4 Å². The molecule has 0 atom stereocenters. The molecule has 0 radical (unpaired) electrons. The van der Waals surface area contributed by atoms with Crippen LogP contribution in [0.5, 0.6) is 0 Å². The van der Waals surface area contributed by atoms with E-state index in [1.165, 1.54) is 16.8 Å². The Hall–Kier alpha value is -1.85. The smallest absolute Gasteiger partial charge is 0.264 e. The number of aromatic amines is 1. The fourth-order valence-electron chi connectivity index (χ4n) is 3.32. The van der Waals surface area contributed by atoms with Gasteiger partial charge in [-0.2, -0.15) is 5.10 Å². The van der Waals surface area contributed by atoms with Gasteiger partial charge in [-0.15, -0.1) is 12.4 Å². The summed E-state index contributed by atoms with van der Waals surface area (Å²) >= 11 is 0. The molecule has 0 aliphatic carbocycles. The number of nitrogens with one attached hydrogen (secondary N) is 2. The maximum atomic E-state index is 11.4. The molecule has 4 rings (SSSR count). The van der Waals surface area contributed by atoms with E-state index in [1.54, 1.807) is 6.07 Å². The van der Waals surface area contributed by atoms with Gasteiger partial charge in [0.2, 0.25) is 0 Å². The number of halogens is 1. The Kier molecular flexibility index (Phi) is 4.18. The Morgan fingerprint density at radius 3 is 3.05 bits per heavy atom. The average molecular weight is 319 g/mol. The average Bonchev–Trinajstić information content (AvgIpc) is 2.96. The van der Waals surface area contributed by atoms with Gasteiger partial charge in [-0.05, 0) is 23.1 Å². The van der Waals surface area contributed by atoms with E-state index >= 15 is 0 Å². The standard InChI is InChI=1S/C16H18N4O.ClH/c21-15-8-13-10-20(7-5-14(13)18-19-15)9-12-3-1-2-11-4-6-17-16(11)12;/h1-3,8,17H,4-7,9-10H2,(H,19,21);1H. The molecule has 116 valence electrons. The third-order valence-electron chi connectivity index (χ3n) is 4.36. The lowest BCUT2D eigenvalue weighted by atomic mass is 10.0. The van der Waals surface area contributed by atoms with Gasteiger partial charge in [0.05, 0.1) is 5.69 Å². The molecule has 5 nitrogen and oxygen atoms in total. The van der Waals surface area contributed by atoms with Crippen molar-refractivity contribution in [2.45, 2.75) is 25.9 Å². The Morgan fingerprint density at radius 1 is 1.23 bits per heavy atom. The van der Waals surface area contributed by atoms with Crippen molar-refractivity contribution >= 4 is 18.1 Å². The van der Waals surface area contributed by atoms with E-state index in [-0.39, 0.29) is 18.0 Å². The third kappa shape index (κ3) is 2.74. The summed E-state index contributed by atoms with van der Waals surface area (Å²) in [5.41, 5.74) is 6.06. The molecular weight excluding hydrogens is 300 g/mol. The van der Waals surface area contributed by atoms with Crippen molar-refractivity contribution in [2.24, 2.45) is 0 Å². The van der Waals surface area contributed by atoms with Crippen LogP contribution in [0.4, 0.5) is 5.69 Å². The summed E-state index contributed by atoms with van der Waals surface area (Å²) in [5.74, 6) is 0. The SMILES string of the molecule is Cl.O=c1cc2c(n[nH]1)CCN(Cc1cccc3c1NCC3)C2. The van der Waals surface area contributed by atoms with Crippen LogP contribution in [0.25, 0.3) is 0 Å². The van der Waals surface area contributed by atoms with E-state index in [0.29, 0.717) is 0 Å². The van der Waals surface area contributed by atoms with Crippen molar-refractivity contribution in [1.29, 1.82) is 0 Å². The zero-order valence-corrected chi connectivity index (χ0v) is 13.1. The Bertz CT molecular complexity index is 743. The summed E-state index contributed by atoms with van der Waals surface area (Å²) in [5, 5.41) is 10.2. The summed E-state index contributed by atoms with van der Waals surface area (Å²) in [6.07, 6.45) is 2.01. The number of H-pyrrole nitrogens is 1. The van der Waals surface area contributed by atoms with Crippen molar-refractivity contribution in [1.82, 2.24) is 15.1 Å². The van der Waals surface area contributed by atoms with E-state index in [1.807, 2.05) is 0 Å². The van der Waals surface area contributed by atoms with Crippen LogP contribution in [0.15, 0.2) is 29.1 Å². The first-order chi connectivity index (χ1) is 10.3. The van der Waals surface area contributed by atoms with Crippen LogP contribution in [0.3, 0.4) is 0 Å². The highest BCUT2D eigenvalue weighted by atomic mass is 35.5. The maximum Gasteiger partial charge on any atom is 0.264 e. The number of aromatic nitrogens is 2. The monoisotopic (exact) mass is 318 g/mol. The van der Waals surface area contributed by atoms with Crippen molar-refractivity contribution in [3.63, 3.8) is 0 Å². The second-order valence-electron chi connectivity index (χ2n) is 5.79. The molecule has 0 saturated heterocycles. The molecule has 0 bridgehead atoms. The quantitative estimate of drug-likeness (QED) is 0.885. The summed E-state index contributed by atoms with van der Waals surface area (Å²) in [6, 6.07) is 8.23. The molecule has 0 amide bonds. The van der Waals surface area contributed by atoms with Gasteiger partial charge in [-0.1, -0.05) is 18.2 Å². The molecule has 0 saturated carbocycles. The normalized spacial score (nSPS) is 16.4. The molecule has 1 aromatic carbocycles. The molecule has 2 aliphatic heterocycles. The molecule has 2 aromatic rings. The number of para-hydroxylation sites is 1. The van der Waals surface area contributed by atoms with Crippen LogP contribution in [0.1, 0.15) is 22.4 Å². The van der Waals surface area contributed by atoms with Gasteiger partial charge in [0.1, 0.15) is 0 Å². The van der Waals surface area contributed by atoms with E-state index in [4.69, 9.17) is 0 Å². The fourth-order valence-corrected chi connectivity index (χ4v) is 3.32. The lowest BCUT2D eigenvalue weighted by molar-refractivity contribution is 0.243. The van der Waals surface area contributed by atoms with E-state index in [0.717, 1.165) is 50.3 Å². The lowest BCUT2D eigenvalue weighted by Crippen LogP contribution is -2.32. The number of fused-ring (bicyclic) bond motifs is 2. The Morgan fingerprint density at radius 2 is 2.14 bits per heavy atom. The van der Waals surface area contributed by atoms with E-state index in [2.05, 4.69) is 38.6 Å². The first kappa shape index (κ1) is 15.1. The van der Waals surface area contributed by atoms with Crippen molar-refractivity contribution < 1.29 is 0 Å². The zero-order chi connectivity index (χ0) is 14.2. The van der Waals surface area contributed by atoms with Crippen LogP contribution in [-0.2, 0) is 25.9 Å². The van der Waals surface area contributed by atoms with Crippen LogP contribution in [-0.4, -0.2) is 28.2 Å². The number of hydrogen-bond acceptors (Lipinski definition) is 4. The largest absolute Gasteiger partial charge is 0.384 e. The molecular formula is C16H19ClN4O. The molecule has 3 heterocycles. The van der Waals surface area contributed by atoms with Gasteiger partial charge in [0, 0.05) is 44.4 Å². The number of rotatable bonds is 2. The van der Waals surface area contributed by atoms with Crippen LogP contribution in [0, 0.1) is 0 Å². The van der Waals surface area contributed by atoms with E-state index in [9.17, 15) is 4.79 Å². The van der Waals surface area contributed by atoms with E-state index < -0.39 is 0 Å². The molecule has 0 spiro atoms. The highest BCUT2D eigenvalue weighted by molar-refractivity contribution is 5.85. The van der Waals surface area contributed by atoms with Crippen LogP contribution < -0.4 is 10.9 Å². The fraction of sp³-hybridized carbons (Fsp3) is 0.375. The minimum absolute atomic E-state index is 0. The Labute approximate surface area is 135 Å². The molecule has 0 fully saturated rings. The molecule has 1 aromatic heterocycles. The highest BCUT2D eigenvalue weighted by Crippen LogP contribution is 2.28. The summed E-state index contributed by atoms with van der Waals surface area (Å²) in [4.78, 5) is 13.8.